The van der Waals surface area contributed by atoms with Crippen molar-refractivity contribution in [3.8, 4) is 0 Å². The molecule has 0 fully saturated rings. The highest BCUT2D eigenvalue weighted by Gasteiger charge is 2.17. The highest BCUT2D eigenvalue weighted by molar-refractivity contribution is 7.20. The smallest absolute Gasteiger partial charge is 0.348 e. The van der Waals surface area contributed by atoms with Crippen LogP contribution in [0.2, 0.25) is 0 Å². The zero-order valence-corrected chi connectivity index (χ0v) is 13.9. The third-order valence-corrected chi connectivity index (χ3v) is 4.31. The average molecular weight is 335 g/mol. The monoisotopic (exact) mass is 335 g/mol. The van der Waals surface area contributed by atoms with Crippen molar-refractivity contribution < 1.29 is 18.7 Å². The Labute approximate surface area is 138 Å². The summed E-state index contributed by atoms with van der Waals surface area (Å²) in [4.78, 5) is 25.9. The van der Waals surface area contributed by atoms with Crippen LogP contribution in [0.5, 0.6) is 0 Å². The molecule has 0 atom stereocenters. The first-order chi connectivity index (χ1) is 10.9. The normalized spacial score (nSPS) is 10.6. The molecular formula is C17H18FNO3S. The zero-order valence-electron chi connectivity index (χ0n) is 13.1. The van der Waals surface area contributed by atoms with Crippen molar-refractivity contribution in [2.24, 2.45) is 0 Å². The molecule has 0 bridgehead atoms. The lowest BCUT2D eigenvalue weighted by molar-refractivity contribution is -0.133. The summed E-state index contributed by atoms with van der Waals surface area (Å²) in [6, 6.07) is 6.11. The van der Waals surface area contributed by atoms with Crippen molar-refractivity contribution in [2.45, 2.75) is 13.8 Å². The van der Waals surface area contributed by atoms with E-state index < -0.39 is 5.97 Å². The molecule has 0 radical (unpaired) electrons. The molecule has 6 heteroatoms. The number of nitrogens with zero attached hydrogens (tertiary/aromatic N) is 1. The number of rotatable bonds is 6. The molecule has 23 heavy (non-hydrogen) atoms. The van der Waals surface area contributed by atoms with Crippen molar-refractivity contribution in [3.05, 3.63) is 47.1 Å². The first-order valence-electron chi connectivity index (χ1n) is 7.19. The number of benzene rings is 1. The molecule has 0 aliphatic rings. The van der Waals surface area contributed by atoms with Gasteiger partial charge in [0, 0.05) is 23.2 Å². The van der Waals surface area contributed by atoms with Crippen molar-refractivity contribution in [1.29, 1.82) is 0 Å². The van der Waals surface area contributed by atoms with Crippen LogP contribution in [0, 0.1) is 5.82 Å². The second-order valence-electron chi connectivity index (χ2n) is 5.20. The minimum atomic E-state index is -0.620. The van der Waals surface area contributed by atoms with Crippen LogP contribution < -0.4 is 0 Å². The van der Waals surface area contributed by atoms with Gasteiger partial charge in [0.1, 0.15) is 10.7 Å². The number of thiophene rings is 1. The van der Waals surface area contributed by atoms with Crippen LogP contribution >= 0.6 is 11.3 Å². The number of halogens is 1. The third kappa shape index (κ3) is 4.16. The Hall–Kier alpha value is -2.21. The Morgan fingerprint density at radius 2 is 2.13 bits per heavy atom. The molecule has 0 N–H and O–H groups in total. The SMILES string of the molecule is C=C(C)CN(CC)C(=O)COC(=O)c1cc2c(F)cccc2s1. The number of hydrogen-bond acceptors (Lipinski definition) is 4. The predicted octanol–water partition coefficient (Wildman–Crippen LogP) is 3.62. The first-order valence-corrected chi connectivity index (χ1v) is 8.01. The maximum Gasteiger partial charge on any atom is 0.348 e. The number of esters is 1. The first kappa shape index (κ1) is 17.1. The number of ether oxygens (including phenoxy) is 1. The molecule has 0 aliphatic carbocycles. The third-order valence-electron chi connectivity index (χ3n) is 3.23. The molecule has 2 aromatic rings. The molecule has 1 amide bonds. The van der Waals surface area contributed by atoms with Gasteiger partial charge in [-0.1, -0.05) is 18.2 Å². The number of amides is 1. The topological polar surface area (TPSA) is 46.6 Å². The second-order valence-corrected chi connectivity index (χ2v) is 6.29. The molecule has 2 rings (SSSR count). The summed E-state index contributed by atoms with van der Waals surface area (Å²) in [6.07, 6.45) is 0. The second kappa shape index (κ2) is 7.37. The molecule has 1 aromatic heterocycles. The van der Waals surface area contributed by atoms with Gasteiger partial charge in [0.2, 0.25) is 0 Å². The molecule has 0 saturated carbocycles. The van der Waals surface area contributed by atoms with Gasteiger partial charge < -0.3 is 9.64 Å². The molecule has 0 spiro atoms. The lowest BCUT2D eigenvalue weighted by atomic mass is 10.2. The van der Waals surface area contributed by atoms with E-state index in [0.717, 1.165) is 16.9 Å². The van der Waals surface area contributed by atoms with Crippen molar-refractivity contribution in [1.82, 2.24) is 4.90 Å². The summed E-state index contributed by atoms with van der Waals surface area (Å²) in [5.74, 6) is -1.28. The van der Waals surface area contributed by atoms with E-state index in [9.17, 15) is 14.0 Å². The maximum absolute atomic E-state index is 13.6. The fourth-order valence-electron chi connectivity index (χ4n) is 2.12. The summed E-state index contributed by atoms with van der Waals surface area (Å²) in [5.41, 5.74) is 0.853. The molecule has 1 heterocycles. The Morgan fingerprint density at radius 3 is 2.74 bits per heavy atom. The summed E-state index contributed by atoms with van der Waals surface area (Å²) in [6.45, 7) is 8.04. The number of hydrogen-bond donors (Lipinski definition) is 0. The Balaban J connectivity index is 2.02. The molecule has 4 nitrogen and oxygen atoms in total. The number of carbonyl (C=O) groups is 2. The van der Waals surface area contributed by atoms with Crippen LogP contribution in [0.4, 0.5) is 4.39 Å². The number of likely N-dealkylation sites (N-methyl/N-ethyl adjacent to an activating group) is 1. The van der Waals surface area contributed by atoms with Gasteiger partial charge in [-0.15, -0.1) is 11.3 Å². The molecule has 0 saturated heterocycles. The van der Waals surface area contributed by atoms with E-state index in [-0.39, 0.29) is 23.2 Å². The summed E-state index contributed by atoms with van der Waals surface area (Å²) in [7, 11) is 0. The van der Waals surface area contributed by atoms with Gasteiger partial charge in [-0.3, -0.25) is 4.79 Å². The Morgan fingerprint density at radius 1 is 1.39 bits per heavy atom. The van der Waals surface area contributed by atoms with Gasteiger partial charge in [-0.05, 0) is 32.0 Å². The van der Waals surface area contributed by atoms with E-state index in [1.807, 2.05) is 13.8 Å². The predicted molar refractivity (Wildman–Crippen MR) is 89.1 cm³/mol. The summed E-state index contributed by atoms with van der Waals surface area (Å²) in [5, 5.41) is 0.383. The van der Waals surface area contributed by atoms with Crippen molar-refractivity contribution in [3.63, 3.8) is 0 Å². The standard InChI is InChI=1S/C17H18FNO3S/c1-4-19(9-11(2)3)16(20)10-22-17(21)15-8-12-13(18)6-5-7-14(12)23-15/h5-8H,2,4,9-10H2,1,3H3. The minimum Gasteiger partial charge on any atom is -0.451 e. The number of fused-ring (bicyclic) bond motifs is 1. The van der Waals surface area contributed by atoms with Gasteiger partial charge in [-0.2, -0.15) is 0 Å². The average Bonchev–Trinajstić information content (AvgIpc) is 2.95. The van der Waals surface area contributed by atoms with Crippen molar-refractivity contribution >= 4 is 33.3 Å². The van der Waals surface area contributed by atoms with Gasteiger partial charge in [0.25, 0.3) is 5.91 Å². The number of carbonyl (C=O) groups excluding carboxylic acids is 2. The van der Waals surface area contributed by atoms with Crippen LogP contribution in [0.25, 0.3) is 10.1 Å². The highest BCUT2D eigenvalue weighted by Crippen LogP contribution is 2.28. The van der Waals surface area contributed by atoms with Gasteiger partial charge in [0.15, 0.2) is 6.61 Å². The molecule has 0 unspecified atom stereocenters. The Bertz CT molecular complexity index is 753. The quantitative estimate of drug-likeness (QED) is 0.598. The van der Waals surface area contributed by atoms with E-state index in [1.165, 1.54) is 12.1 Å². The van der Waals surface area contributed by atoms with E-state index >= 15 is 0 Å². The van der Waals surface area contributed by atoms with Gasteiger partial charge in [-0.25, -0.2) is 9.18 Å². The van der Waals surface area contributed by atoms with E-state index in [0.29, 0.717) is 23.2 Å². The van der Waals surface area contributed by atoms with Gasteiger partial charge in [0.05, 0.1) is 0 Å². The molecule has 0 aliphatic heterocycles. The molecular weight excluding hydrogens is 317 g/mol. The fraction of sp³-hybridized carbons (Fsp3) is 0.294. The van der Waals surface area contributed by atoms with Gasteiger partial charge >= 0.3 is 5.97 Å². The molecule has 122 valence electrons. The highest BCUT2D eigenvalue weighted by atomic mass is 32.1. The largest absolute Gasteiger partial charge is 0.451 e. The fourth-order valence-corrected chi connectivity index (χ4v) is 3.09. The van der Waals surface area contributed by atoms with Crippen LogP contribution in [0.15, 0.2) is 36.4 Å². The van der Waals surface area contributed by atoms with E-state index in [1.54, 1.807) is 17.0 Å². The maximum atomic E-state index is 13.6. The summed E-state index contributed by atoms with van der Waals surface area (Å²) >= 11 is 1.14. The lowest BCUT2D eigenvalue weighted by Crippen LogP contribution is -2.35. The Kier molecular flexibility index (Phi) is 5.50. The molecule has 1 aromatic carbocycles. The van der Waals surface area contributed by atoms with Crippen LogP contribution in [0.1, 0.15) is 23.5 Å². The van der Waals surface area contributed by atoms with E-state index in [2.05, 4.69) is 6.58 Å². The zero-order chi connectivity index (χ0) is 17.0. The van der Waals surface area contributed by atoms with Crippen molar-refractivity contribution in [2.75, 3.05) is 19.7 Å². The summed E-state index contributed by atoms with van der Waals surface area (Å²) < 4.78 is 19.4. The van der Waals surface area contributed by atoms with E-state index in [4.69, 9.17) is 4.74 Å². The minimum absolute atomic E-state index is 0.279. The van der Waals surface area contributed by atoms with Crippen LogP contribution in [-0.4, -0.2) is 36.5 Å². The van der Waals surface area contributed by atoms with Crippen LogP contribution in [-0.2, 0) is 9.53 Å². The van der Waals surface area contributed by atoms with Crippen LogP contribution in [0.3, 0.4) is 0 Å². The lowest BCUT2D eigenvalue weighted by Gasteiger charge is -2.20.